The van der Waals surface area contributed by atoms with Crippen LogP contribution in [0.1, 0.15) is 19.4 Å². The van der Waals surface area contributed by atoms with Crippen LogP contribution in [0, 0.1) is 12.3 Å². The molecule has 0 aromatic heterocycles. The predicted molar refractivity (Wildman–Crippen MR) is 88.8 cm³/mol. The van der Waals surface area contributed by atoms with Gasteiger partial charge in [0.25, 0.3) is 0 Å². The maximum atomic E-state index is 9.15. The van der Waals surface area contributed by atoms with Crippen molar-refractivity contribution in [3.63, 3.8) is 0 Å². The van der Waals surface area contributed by atoms with Crippen LogP contribution in [-0.2, 0) is 0 Å². The summed E-state index contributed by atoms with van der Waals surface area (Å²) in [4.78, 5) is 5.37. The lowest BCUT2D eigenvalue weighted by Crippen LogP contribution is -1.96. The van der Waals surface area contributed by atoms with Gasteiger partial charge in [0.05, 0.1) is 24.2 Å². The zero-order chi connectivity index (χ0) is 15.9. The highest BCUT2D eigenvalue weighted by Gasteiger charge is 2.21. The molecule has 5 heteroatoms. The summed E-state index contributed by atoms with van der Waals surface area (Å²) in [5.41, 5.74) is 1.57. The van der Waals surface area contributed by atoms with E-state index in [0.29, 0.717) is 30.4 Å². The summed E-state index contributed by atoms with van der Waals surface area (Å²) in [6.45, 7) is 6.94. The van der Waals surface area contributed by atoms with Crippen LogP contribution in [0.15, 0.2) is 46.2 Å². The minimum atomic E-state index is 0.374. The van der Waals surface area contributed by atoms with E-state index >= 15 is 0 Å². The molecule has 22 heavy (non-hydrogen) atoms. The third-order valence-electron chi connectivity index (χ3n) is 3.05. The minimum absolute atomic E-state index is 0.374. The fourth-order valence-electron chi connectivity index (χ4n) is 2.02. The molecule has 2 aromatic carbocycles. The van der Waals surface area contributed by atoms with Gasteiger partial charge in [-0.2, -0.15) is 0 Å². The normalized spacial score (nSPS) is 10.1. The quantitative estimate of drug-likeness (QED) is 0.667. The molecule has 4 nitrogen and oxygen atoms in total. The van der Waals surface area contributed by atoms with E-state index in [4.69, 9.17) is 14.9 Å². The average molecular weight is 315 g/mol. The predicted octanol–water partition coefficient (Wildman–Crippen LogP) is 5.43. The number of diazo groups is 1. The number of aryl methyl sites for hydroxylation is 1. The fourth-order valence-corrected chi connectivity index (χ4v) is 3.01. The standard InChI is InChI=1S/C17H19N2O2S/c1-4-20-14-11-17(15(21-5-2)10-13(14)19-18)22-16-9-7-6-8-12(16)3/h6-11H,4-5H2,1-3H3/q+1. The molecule has 0 unspecified atom stereocenters. The van der Waals surface area contributed by atoms with E-state index in [0.717, 1.165) is 9.79 Å². The highest BCUT2D eigenvalue weighted by molar-refractivity contribution is 7.99. The number of hydrogen-bond acceptors (Lipinski definition) is 4. The zero-order valence-corrected chi connectivity index (χ0v) is 13.8. The van der Waals surface area contributed by atoms with Crippen LogP contribution in [0.3, 0.4) is 0 Å². The average Bonchev–Trinajstić information content (AvgIpc) is 2.52. The number of benzene rings is 2. The second kappa shape index (κ2) is 7.71. The van der Waals surface area contributed by atoms with Gasteiger partial charge < -0.3 is 9.47 Å². The summed E-state index contributed by atoms with van der Waals surface area (Å²) in [6.07, 6.45) is 0. The SMILES string of the molecule is CCOc1cc(Sc2ccccc2C)c(OCC)cc1[N+]#N. The first kappa shape index (κ1) is 16.2. The first-order valence-corrected chi connectivity index (χ1v) is 8.03. The number of nitrogens with zero attached hydrogens (tertiary/aromatic N) is 2. The summed E-state index contributed by atoms with van der Waals surface area (Å²) in [5, 5.41) is 9.15. The summed E-state index contributed by atoms with van der Waals surface area (Å²) < 4.78 is 11.2. The van der Waals surface area contributed by atoms with Gasteiger partial charge in [0.1, 0.15) is 5.75 Å². The molecule has 0 aliphatic heterocycles. The molecular weight excluding hydrogens is 296 g/mol. The molecule has 0 atom stereocenters. The van der Waals surface area contributed by atoms with Gasteiger partial charge in [-0.1, -0.05) is 30.0 Å². The summed E-state index contributed by atoms with van der Waals surface area (Å²) in [7, 11) is 0. The van der Waals surface area contributed by atoms with E-state index in [9.17, 15) is 0 Å². The summed E-state index contributed by atoms with van der Waals surface area (Å²) in [6, 6.07) is 11.7. The van der Waals surface area contributed by atoms with E-state index in [1.54, 1.807) is 17.8 Å². The zero-order valence-electron chi connectivity index (χ0n) is 13.0. The van der Waals surface area contributed by atoms with Crippen molar-refractivity contribution < 1.29 is 9.47 Å². The number of ether oxygens (including phenoxy) is 2. The Morgan fingerprint density at radius 3 is 2.32 bits per heavy atom. The largest absolute Gasteiger partial charge is 0.492 e. The lowest BCUT2D eigenvalue weighted by atomic mass is 10.2. The third-order valence-corrected chi connectivity index (χ3v) is 4.26. The molecule has 0 bridgehead atoms. The Bertz CT molecular complexity index is 696. The van der Waals surface area contributed by atoms with Crippen LogP contribution in [-0.4, -0.2) is 13.2 Å². The molecule has 0 saturated heterocycles. The van der Waals surface area contributed by atoms with Crippen LogP contribution in [0.25, 0.3) is 4.98 Å². The second-order valence-corrected chi connectivity index (χ2v) is 5.68. The maximum Gasteiger partial charge on any atom is 0.430 e. The molecule has 0 aliphatic rings. The fraction of sp³-hybridized carbons (Fsp3) is 0.294. The van der Waals surface area contributed by atoms with Crippen molar-refractivity contribution >= 4 is 17.4 Å². The van der Waals surface area contributed by atoms with Crippen molar-refractivity contribution in [2.75, 3.05) is 13.2 Å². The monoisotopic (exact) mass is 315 g/mol. The molecule has 0 amide bonds. The molecule has 0 saturated carbocycles. The van der Waals surface area contributed by atoms with Crippen molar-refractivity contribution in [3.8, 4) is 11.5 Å². The number of hydrogen-bond donors (Lipinski definition) is 0. The Morgan fingerprint density at radius 1 is 1.00 bits per heavy atom. The maximum absolute atomic E-state index is 9.15. The van der Waals surface area contributed by atoms with E-state index in [-0.39, 0.29) is 0 Å². The van der Waals surface area contributed by atoms with Crippen LogP contribution in [0.4, 0.5) is 5.69 Å². The lowest BCUT2D eigenvalue weighted by Gasteiger charge is -2.12. The molecule has 0 heterocycles. The van der Waals surface area contributed by atoms with Gasteiger partial charge in [-0.25, -0.2) is 0 Å². The topological polar surface area (TPSA) is 46.6 Å². The molecule has 114 valence electrons. The highest BCUT2D eigenvalue weighted by atomic mass is 32.2. The van der Waals surface area contributed by atoms with Gasteiger partial charge in [-0.3, -0.25) is 0 Å². The molecule has 2 aromatic rings. The van der Waals surface area contributed by atoms with Crippen LogP contribution >= 0.6 is 11.8 Å². The van der Waals surface area contributed by atoms with Crippen molar-refractivity contribution in [3.05, 3.63) is 46.9 Å². The highest BCUT2D eigenvalue weighted by Crippen LogP contribution is 2.43. The smallest absolute Gasteiger partial charge is 0.430 e. The second-order valence-electron chi connectivity index (χ2n) is 4.60. The van der Waals surface area contributed by atoms with Gasteiger partial charge in [0, 0.05) is 11.0 Å². The van der Waals surface area contributed by atoms with E-state index in [1.165, 1.54) is 5.56 Å². The van der Waals surface area contributed by atoms with Gasteiger partial charge in [0.2, 0.25) is 11.1 Å². The van der Waals surface area contributed by atoms with Gasteiger partial charge in [-0.05, 0) is 32.4 Å². The molecule has 0 N–H and O–H groups in total. The van der Waals surface area contributed by atoms with Gasteiger partial charge >= 0.3 is 5.69 Å². The Balaban J connectivity index is 2.45. The Morgan fingerprint density at radius 2 is 1.68 bits per heavy atom. The Kier molecular flexibility index (Phi) is 5.68. The Labute approximate surface area is 135 Å². The lowest BCUT2D eigenvalue weighted by molar-refractivity contribution is 0.325. The van der Waals surface area contributed by atoms with Crippen LogP contribution < -0.4 is 9.47 Å². The molecule has 0 fully saturated rings. The number of rotatable bonds is 6. The molecule has 0 radical (unpaired) electrons. The van der Waals surface area contributed by atoms with Crippen LogP contribution in [0.2, 0.25) is 0 Å². The Hall–Kier alpha value is -2.19. The van der Waals surface area contributed by atoms with Crippen molar-refractivity contribution in [2.24, 2.45) is 0 Å². The van der Waals surface area contributed by atoms with Crippen molar-refractivity contribution in [2.45, 2.75) is 30.6 Å². The van der Waals surface area contributed by atoms with E-state index in [1.807, 2.05) is 32.0 Å². The summed E-state index contributed by atoms with van der Waals surface area (Å²) >= 11 is 1.61. The summed E-state index contributed by atoms with van der Waals surface area (Å²) in [5.74, 6) is 1.23. The molecule has 0 spiro atoms. The van der Waals surface area contributed by atoms with E-state index in [2.05, 4.69) is 24.0 Å². The van der Waals surface area contributed by atoms with Crippen LogP contribution in [0.5, 0.6) is 11.5 Å². The third kappa shape index (κ3) is 3.71. The minimum Gasteiger partial charge on any atom is -0.492 e. The van der Waals surface area contributed by atoms with Crippen molar-refractivity contribution in [1.82, 2.24) is 0 Å². The molecule has 0 aliphatic carbocycles. The van der Waals surface area contributed by atoms with Gasteiger partial charge in [-0.15, -0.1) is 0 Å². The first-order chi connectivity index (χ1) is 10.7. The van der Waals surface area contributed by atoms with Crippen molar-refractivity contribution in [1.29, 1.82) is 5.39 Å². The molecule has 2 rings (SSSR count). The molecular formula is C17H19N2O2S+. The van der Waals surface area contributed by atoms with Gasteiger partial charge in [0.15, 0.2) is 4.98 Å². The van der Waals surface area contributed by atoms with E-state index < -0.39 is 0 Å². The first-order valence-electron chi connectivity index (χ1n) is 7.21.